The van der Waals surface area contributed by atoms with Crippen LogP contribution < -0.4 is 5.56 Å². The molecule has 0 aliphatic carbocycles. The summed E-state index contributed by atoms with van der Waals surface area (Å²) in [5, 5.41) is 4.99. The molecule has 0 amide bonds. The van der Waals surface area contributed by atoms with Gasteiger partial charge in [0.25, 0.3) is 0 Å². The van der Waals surface area contributed by atoms with Crippen LogP contribution in [0, 0.1) is 6.92 Å². The van der Waals surface area contributed by atoms with E-state index in [1.807, 2.05) is 37.3 Å². The van der Waals surface area contributed by atoms with E-state index < -0.39 is 0 Å². The molecule has 2 aromatic heterocycles. The van der Waals surface area contributed by atoms with Crippen molar-refractivity contribution in [3.8, 4) is 11.3 Å². The highest BCUT2D eigenvalue weighted by Crippen LogP contribution is 2.27. The van der Waals surface area contributed by atoms with Crippen LogP contribution in [-0.4, -0.2) is 16.4 Å². The Morgan fingerprint density at radius 1 is 1.22 bits per heavy atom. The second kappa shape index (κ2) is 5.66. The predicted molar refractivity (Wildman–Crippen MR) is 87.3 cm³/mol. The van der Waals surface area contributed by atoms with E-state index in [2.05, 4.69) is 5.10 Å². The van der Waals surface area contributed by atoms with Gasteiger partial charge in [0, 0.05) is 17.6 Å². The number of nitrogens with zero attached hydrogens (tertiary/aromatic N) is 2. The number of hydrogen-bond acceptors (Lipinski definition) is 4. The number of rotatable bonds is 2. The van der Waals surface area contributed by atoms with Crippen LogP contribution in [0.5, 0.6) is 0 Å². The Hall–Kier alpha value is -2.40. The summed E-state index contributed by atoms with van der Waals surface area (Å²) in [6.07, 6.45) is 4.28. The van der Waals surface area contributed by atoms with E-state index in [0.717, 1.165) is 30.2 Å². The average molecular weight is 310 g/mol. The maximum atomic E-state index is 12.7. The number of furan rings is 1. The van der Waals surface area contributed by atoms with Gasteiger partial charge in [0.05, 0.1) is 6.20 Å². The second-order valence-electron chi connectivity index (χ2n) is 5.98. The van der Waals surface area contributed by atoms with Gasteiger partial charge in [-0.3, -0.25) is 4.79 Å². The lowest BCUT2D eigenvalue weighted by atomic mass is 10.1. The van der Waals surface area contributed by atoms with Crippen molar-refractivity contribution >= 4 is 11.0 Å². The zero-order valence-corrected chi connectivity index (χ0v) is 13.0. The van der Waals surface area contributed by atoms with E-state index in [9.17, 15) is 4.79 Å². The van der Waals surface area contributed by atoms with Crippen LogP contribution in [0.1, 0.15) is 31.1 Å². The lowest BCUT2D eigenvalue weighted by molar-refractivity contribution is -0.0422. The molecule has 1 saturated heterocycles. The first-order valence-corrected chi connectivity index (χ1v) is 7.92. The van der Waals surface area contributed by atoms with Crippen molar-refractivity contribution in [1.29, 1.82) is 0 Å². The van der Waals surface area contributed by atoms with Crippen LogP contribution in [0.3, 0.4) is 0 Å². The van der Waals surface area contributed by atoms with Crippen LogP contribution >= 0.6 is 0 Å². The van der Waals surface area contributed by atoms with E-state index in [0.29, 0.717) is 18.0 Å². The maximum Gasteiger partial charge on any atom is 0.312 e. The molecule has 1 atom stereocenters. The van der Waals surface area contributed by atoms with Gasteiger partial charge in [0.1, 0.15) is 5.76 Å². The molecule has 1 aliphatic rings. The standard InChI is InChI=1S/C18H18N2O3/c1-12-5-7-13(8-6-12)15-10-14-11-19-20(18(21)17(14)23-15)16-4-2-3-9-22-16/h5-8,10-11,16H,2-4,9H2,1H3. The number of benzene rings is 1. The Morgan fingerprint density at radius 2 is 2.04 bits per heavy atom. The molecule has 0 saturated carbocycles. The van der Waals surface area contributed by atoms with Crippen molar-refractivity contribution < 1.29 is 9.15 Å². The highest BCUT2D eigenvalue weighted by atomic mass is 16.5. The van der Waals surface area contributed by atoms with Crippen molar-refractivity contribution in [2.75, 3.05) is 6.61 Å². The molecule has 5 nitrogen and oxygen atoms in total. The van der Waals surface area contributed by atoms with E-state index in [1.165, 1.54) is 10.2 Å². The molecule has 0 bridgehead atoms. The largest absolute Gasteiger partial charge is 0.450 e. The van der Waals surface area contributed by atoms with Gasteiger partial charge >= 0.3 is 5.56 Å². The van der Waals surface area contributed by atoms with Gasteiger partial charge in [0.15, 0.2) is 6.23 Å². The summed E-state index contributed by atoms with van der Waals surface area (Å²) >= 11 is 0. The zero-order valence-electron chi connectivity index (χ0n) is 13.0. The van der Waals surface area contributed by atoms with E-state index in [1.54, 1.807) is 6.20 Å². The summed E-state index contributed by atoms with van der Waals surface area (Å²) in [5.74, 6) is 0.682. The number of aromatic nitrogens is 2. The fraction of sp³-hybridized carbons (Fsp3) is 0.333. The fourth-order valence-corrected chi connectivity index (χ4v) is 2.93. The molecule has 4 rings (SSSR count). The highest BCUT2D eigenvalue weighted by molar-refractivity contribution is 5.81. The summed E-state index contributed by atoms with van der Waals surface area (Å²) in [6.45, 7) is 2.71. The Balaban J connectivity index is 1.78. The summed E-state index contributed by atoms with van der Waals surface area (Å²) < 4.78 is 12.9. The molecule has 0 radical (unpaired) electrons. The number of fused-ring (bicyclic) bond motifs is 1. The summed E-state index contributed by atoms with van der Waals surface area (Å²) in [5.41, 5.74) is 2.24. The predicted octanol–water partition coefficient (Wildman–Crippen LogP) is 3.66. The normalized spacial score (nSPS) is 18.4. The lowest BCUT2D eigenvalue weighted by Crippen LogP contribution is -2.30. The summed E-state index contributed by atoms with van der Waals surface area (Å²) in [7, 11) is 0. The molecule has 3 heterocycles. The van der Waals surface area contributed by atoms with Crippen molar-refractivity contribution in [2.24, 2.45) is 0 Å². The third kappa shape index (κ3) is 2.57. The van der Waals surface area contributed by atoms with Crippen LogP contribution in [0.15, 0.2) is 45.7 Å². The minimum absolute atomic E-state index is 0.229. The van der Waals surface area contributed by atoms with Crippen LogP contribution in [0.2, 0.25) is 0 Å². The molecule has 0 spiro atoms. The van der Waals surface area contributed by atoms with Crippen LogP contribution in [-0.2, 0) is 4.74 Å². The Labute approximate surface area is 133 Å². The van der Waals surface area contributed by atoms with E-state index >= 15 is 0 Å². The third-order valence-corrected chi connectivity index (χ3v) is 4.25. The first kappa shape index (κ1) is 14.2. The molecule has 1 unspecified atom stereocenters. The summed E-state index contributed by atoms with van der Waals surface area (Å²) in [4.78, 5) is 12.7. The van der Waals surface area contributed by atoms with Gasteiger partial charge in [-0.15, -0.1) is 0 Å². The van der Waals surface area contributed by atoms with Gasteiger partial charge in [0.2, 0.25) is 5.58 Å². The number of ether oxygens (including phenoxy) is 1. The van der Waals surface area contributed by atoms with Crippen molar-refractivity contribution in [1.82, 2.24) is 9.78 Å². The first-order chi connectivity index (χ1) is 11.2. The van der Waals surface area contributed by atoms with Gasteiger partial charge in [-0.2, -0.15) is 9.78 Å². The van der Waals surface area contributed by atoms with Gasteiger partial charge in [-0.05, 0) is 32.3 Å². The maximum absolute atomic E-state index is 12.7. The number of aryl methyl sites for hydroxylation is 1. The minimum atomic E-state index is -0.284. The molecular formula is C18H18N2O3. The monoisotopic (exact) mass is 310 g/mol. The summed E-state index contributed by atoms with van der Waals surface area (Å²) in [6, 6.07) is 9.89. The Morgan fingerprint density at radius 3 is 2.78 bits per heavy atom. The number of hydrogen-bond donors (Lipinski definition) is 0. The van der Waals surface area contributed by atoms with Gasteiger partial charge < -0.3 is 9.15 Å². The molecule has 5 heteroatoms. The van der Waals surface area contributed by atoms with Crippen molar-refractivity contribution in [3.05, 3.63) is 52.4 Å². The van der Waals surface area contributed by atoms with Gasteiger partial charge in [-0.25, -0.2) is 0 Å². The Kier molecular flexibility index (Phi) is 3.50. The quantitative estimate of drug-likeness (QED) is 0.725. The molecule has 1 aliphatic heterocycles. The molecule has 23 heavy (non-hydrogen) atoms. The lowest BCUT2D eigenvalue weighted by Gasteiger charge is -2.22. The van der Waals surface area contributed by atoms with Crippen molar-refractivity contribution in [3.63, 3.8) is 0 Å². The van der Waals surface area contributed by atoms with E-state index in [4.69, 9.17) is 9.15 Å². The minimum Gasteiger partial charge on any atom is -0.450 e. The molecular weight excluding hydrogens is 292 g/mol. The molecule has 1 fully saturated rings. The van der Waals surface area contributed by atoms with Crippen molar-refractivity contribution in [2.45, 2.75) is 32.4 Å². The molecule has 118 valence electrons. The smallest absolute Gasteiger partial charge is 0.312 e. The zero-order chi connectivity index (χ0) is 15.8. The highest BCUT2D eigenvalue weighted by Gasteiger charge is 2.20. The van der Waals surface area contributed by atoms with E-state index in [-0.39, 0.29) is 11.8 Å². The first-order valence-electron chi connectivity index (χ1n) is 7.92. The van der Waals surface area contributed by atoms with Crippen LogP contribution in [0.4, 0.5) is 0 Å². The SMILES string of the molecule is Cc1ccc(-c2cc3cnn(C4CCCCO4)c(=O)c3o2)cc1. The second-order valence-corrected chi connectivity index (χ2v) is 5.98. The topological polar surface area (TPSA) is 57.3 Å². The third-order valence-electron chi connectivity index (χ3n) is 4.25. The molecule has 0 N–H and O–H groups in total. The van der Waals surface area contributed by atoms with Gasteiger partial charge in [-0.1, -0.05) is 29.8 Å². The fourth-order valence-electron chi connectivity index (χ4n) is 2.93. The molecule has 3 aromatic rings. The van der Waals surface area contributed by atoms with Crippen LogP contribution in [0.25, 0.3) is 22.3 Å². The molecule has 1 aromatic carbocycles. The average Bonchev–Trinajstić information content (AvgIpc) is 3.02. The Bertz CT molecular complexity index is 887.